The van der Waals surface area contributed by atoms with Gasteiger partial charge in [-0.15, -0.1) is 11.3 Å². The van der Waals surface area contributed by atoms with E-state index in [0.717, 1.165) is 36.6 Å². The minimum Gasteiger partial charge on any atom is -0.258 e. The summed E-state index contributed by atoms with van der Waals surface area (Å²) >= 11 is 1.55. The normalized spacial score (nSPS) is 19.8. The molecule has 1 aromatic carbocycles. The molecule has 1 aliphatic heterocycles. The Balaban J connectivity index is 2.02. The summed E-state index contributed by atoms with van der Waals surface area (Å²) < 4.78 is 27.8. The number of sulfonamides is 1. The first kappa shape index (κ1) is 17.1. The number of nitro benzene ring substituents is 1. The number of hydrogen-bond donors (Lipinski definition) is 0. The number of benzene rings is 1. The molecule has 128 valence electrons. The van der Waals surface area contributed by atoms with Crippen molar-refractivity contribution in [2.75, 3.05) is 6.54 Å². The molecular formula is C16H18N2O4S2. The van der Waals surface area contributed by atoms with Gasteiger partial charge in [-0.1, -0.05) is 25.0 Å². The molecule has 0 saturated carbocycles. The molecule has 0 unspecified atom stereocenters. The smallest absolute Gasteiger partial charge is 0.258 e. The first-order valence-electron chi connectivity index (χ1n) is 7.80. The standard InChI is InChI=1S/C16H18N2O4S2/c19-18(20)13-6-4-7-14(12-13)24(21,22)17-10-3-1-2-8-15(17)16-9-5-11-23-16/h4-7,9,11-12,15H,1-3,8,10H2/t15-/m1/s1. The average Bonchev–Trinajstić information content (AvgIpc) is 2.98. The van der Waals surface area contributed by atoms with Crippen LogP contribution >= 0.6 is 11.3 Å². The molecule has 1 aromatic heterocycles. The maximum atomic E-state index is 13.1. The lowest BCUT2D eigenvalue weighted by molar-refractivity contribution is -0.385. The molecule has 6 nitrogen and oxygen atoms in total. The van der Waals surface area contributed by atoms with E-state index in [1.165, 1.54) is 22.5 Å². The van der Waals surface area contributed by atoms with Crippen molar-refractivity contribution in [3.63, 3.8) is 0 Å². The summed E-state index contributed by atoms with van der Waals surface area (Å²) in [4.78, 5) is 11.4. The molecule has 3 rings (SSSR count). The maximum absolute atomic E-state index is 13.1. The summed E-state index contributed by atoms with van der Waals surface area (Å²) in [5, 5.41) is 12.9. The third-order valence-electron chi connectivity index (χ3n) is 4.21. The SMILES string of the molecule is O=[N+]([O-])c1cccc(S(=O)(=O)N2CCCCC[C@@H]2c2cccs2)c1. The highest BCUT2D eigenvalue weighted by atomic mass is 32.2. The Morgan fingerprint density at radius 3 is 2.71 bits per heavy atom. The molecular weight excluding hydrogens is 348 g/mol. The van der Waals surface area contributed by atoms with Crippen molar-refractivity contribution in [3.05, 3.63) is 56.8 Å². The molecule has 24 heavy (non-hydrogen) atoms. The van der Waals surface area contributed by atoms with Crippen LogP contribution in [0.25, 0.3) is 0 Å². The first-order valence-corrected chi connectivity index (χ1v) is 10.1. The van der Waals surface area contributed by atoms with E-state index in [4.69, 9.17) is 0 Å². The Labute approximate surface area is 144 Å². The third-order valence-corrected chi connectivity index (χ3v) is 7.09. The van der Waals surface area contributed by atoms with Gasteiger partial charge in [0.1, 0.15) is 0 Å². The maximum Gasteiger partial charge on any atom is 0.270 e. The fourth-order valence-electron chi connectivity index (χ4n) is 3.03. The van der Waals surface area contributed by atoms with E-state index in [-0.39, 0.29) is 16.6 Å². The second-order valence-electron chi connectivity index (χ2n) is 5.75. The Kier molecular flexibility index (Phi) is 4.98. The lowest BCUT2D eigenvalue weighted by atomic mass is 10.1. The molecule has 1 fully saturated rings. The van der Waals surface area contributed by atoms with Gasteiger partial charge in [0.05, 0.1) is 15.9 Å². The van der Waals surface area contributed by atoms with Crippen molar-refractivity contribution in [3.8, 4) is 0 Å². The van der Waals surface area contributed by atoms with Crippen molar-refractivity contribution in [2.24, 2.45) is 0 Å². The zero-order chi connectivity index (χ0) is 17.2. The molecule has 0 aliphatic carbocycles. The molecule has 1 atom stereocenters. The van der Waals surface area contributed by atoms with Crippen LogP contribution in [-0.2, 0) is 10.0 Å². The summed E-state index contributed by atoms with van der Waals surface area (Å²) in [6.07, 6.45) is 3.54. The number of nitrogens with zero attached hydrogens (tertiary/aromatic N) is 2. The van der Waals surface area contributed by atoms with Gasteiger partial charge in [0, 0.05) is 23.6 Å². The van der Waals surface area contributed by atoms with Gasteiger partial charge in [-0.2, -0.15) is 4.31 Å². The largest absolute Gasteiger partial charge is 0.270 e. The van der Waals surface area contributed by atoms with Crippen LogP contribution in [0.5, 0.6) is 0 Å². The molecule has 0 bridgehead atoms. The van der Waals surface area contributed by atoms with Gasteiger partial charge in [-0.3, -0.25) is 10.1 Å². The van der Waals surface area contributed by atoms with Gasteiger partial charge < -0.3 is 0 Å². The van der Waals surface area contributed by atoms with Crippen LogP contribution in [0.2, 0.25) is 0 Å². The van der Waals surface area contributed by atoms with Crippen molar-refractivity contribution in [2.45, 2.75) is 36.6 Å². The van der Waals surface area contributed by atoms with E-state index < -0.39 is 14.9 Å². The zero-order valence-corrected chi connectivity index (χ0v) is 14.6. The number of rotatable bonds is 4. The molecule has 2 heterocycles. The summed E-state index contributed by atoms with van der Waals surface area (Å²) in [5.74, 6) is 0. The molecule has 0 radical (unpaired) electrons. The molecule has 0 spiro atoms. The topological polar surface area (TPSA) is 80.5 Å². The first-order chi connectivity index (χ1) is 11.5. The summed E-state index contributed by atoms with van der Waals surface area (Å²) in [6, 6.07) is 8.97. The van der Waals surface area contributed by atoms with Gasteiger partial charge >= 0.3 is 0 Å². The van der Waals surface area contributed by atoms with Crippen LogP contribution in [0, 0.1) is 10.1 Å². The fraction of sp³-hybridized carbons (Fsp3) is 0.375. The highest BCUT2D eigenvalue weighted by Crippen LogP contribution is 2.37. The Morgan fingerprint density at radius 1 is 1.17 bits per heavy atom. The summed E-state index contributed by atoms with van der Waals surface area (Å²) in [6.45, 7) is 0.438. The summed E-state index contributed by atoms with van der Waals surface area (Å²) in [5.41, 5.74) is -0.210. The fourth-order valence-corrected chi connectivity index (χ4v) is 5.68. The van der Waals surface area contributed by atoms with E-state index in [0.29, 0.717) is 6.54 Å². The summed E-state index contributed by atoms with van der Waals surface area (Å²) in [7, 11) is -3.78. The highest BCUT2D eigenvalue weighted by molar-refractivity contribution is 7.89. The van der Waals surface area contributed by atoms with Crippen molar-refractivity contribution < 1.29 is 13.3 Å². The van der Waals surface area contributed by atoms with Crippen LogP contribution in [0.3, 0.4) is 0 Å². The highest BCUT2D eigenvalue weighted by Gasteiger charge is 2.34. The predicted molar refractivity (Wildman–Crippen MR) is 92.5 cm³/mol. The average molecular weight is 366 g/mol. The second kappa shape index (κ2) is 7.00. The van der Waals surface area contributed by atoms with E-state index in [2.05, 4.69) is 0 Å². The van der Waals surface area contributed by atoms with Gasteiger partial charge in [-0.05, 0) is 30.4 Å². The van der Waals surface area contributed by atoms with E-state index >= 15 is 0 Å². The Bertz CT molecular complexity index is 818. The number of hydrogen-bond acceptors (Lipinski definition) is 5. The van der Waals surface area contributed by atoms with E-state index in [1.807, 2.05) is 17.5 Å². The Hall–Kier alpha value is -1.77. The van der Waals surface area contributed by atoms with Crippen molar-refractivity contribution in [1.29, 1.82) is 0 Å². The predicted octanol–water partition coefficient (Wildman–Crippen LogP) is 3.96. The number of thiophene rings is 1. The van der Waals surface area contributed by atoms with Crippen LogP contribution in [0.15, 0.2) is 46.7 Å². The number of nitro groups is 1. The van der Waals surface area contributed by atoms with E-state index in [1.54, 1.807) is 11.3 Å². The zero-order valence-electron chi connectivity index (χ0n) is 13.0. The second-order valence-corrected chi connectivity index (χ2v) is 8.62. The molecule has 1 saturated heterocycles. The minimum absolute atomic E-state index is 0.0137. The molecule has 0 N–H and O–H groups in total. The molecule has 8 heteroatoms. The van der Waals surface area contributed by atoms with Gasteiger partial charge in [0.2, 0.25) is 10.0 Å². The van der Waals surface area contributed by atoms with Gasteiger partial charge in [-0.25, -0.2) is 8.42 Å². The lowest BCUT2D eigenvalue weighted by Gasteiger charge is -2.28. The van der Waals surface area contributed by atoms with Gasteiger partial charge in [0.25, 0.3) is 5.69 Å². The van der Waals surface area contributed by atoms with Crippen molar-refractivity contribution >= 4 is 27.0 Å². The minimum atomic E-state index is -3.78. The quantitative estimate of drug-likeness (QED) is 0.606. The number of non-ortho nitro benzene ring substituents is 1. The van der Waals surface area contributed by atoms with Crippen LogP contribution in [0.4, 0.5) is 5.69 Å². The molecule has 2 aromatic rings. The van der Waals surface area contributed by atoms with Crippen LogP contribution < -0.4 is 0 Å². The van der Waals surface area contributed by atoms with Crippen LogP contribution in [0.1, 0.15) is 36.6 Å². The van der Waals surface area contributed by atoms with Gasteiger partial charge in [0.15, 0.2) is 0 Å². The lowest BCUT2D eigenvalue weighted by Crippen LogP contribution is -2.34. The van der Waals surface area contributed by atoms with E-state index in [9.17, 15) is 18.5 Å². The monoisotopic (exact) mass is 366 g/mol. The molecule has 0 amide bonds. The Morgan fingerprint density at radius 2 is 2.00 bits per heavy atom. The van der Waals surface area contributed by atoms with Crippen molar-refractivity contribution in [1.82, 2.24) is 4.31 Å². The van der Waals surface area contributed by atoms with Crippen LogP contribution in [-0.4, -0.2) is 24.2 Å². The molecule has 1 aliphatic rings. The third kappa shape index (κ3) is 3.35.